The summed E-state index contributed by atoms with van der Waals surface area (Å²) in [5.74, 6) is -0.611. The van der Waals surface area contributed by atoms with Crippen LogP contribution in [0.3, 0.4) is 0 Å². The number of H-pyrrole nitrogens is 1. The smallest absolute Gasteiger partial charge is 0.195 e. The van der Waals surface area contributed by atoms with Gasteiger partial charge in [0.1, 0.15) is 5.82 Å². The normalized spacial score (nSPS) is 10.9. The van der Waals surface area contributed by atoms with Crippen LogP contribution in [0.5, 0.6) is 0 Å². The van der Waals surface area contributed by atoms with Crippen LogP contribution in [0, 0.1) is 12.7 Å². The van der Waals surface area contributed by atoms with E-state index in [1.165, 1.54) is 12.1 Å². The molecule has 0 radical (unpaired) electrons. The summed E-state index contributed by atoms with van der Waals surface area (Å²) in [6.07, 6.45) is 0. The lowest BCUT2D eigenvalue weighted by atomic mass is 10.0. The van der Waals surface area contributed by atoms with Crippen molar-refractivity contribution in [3.63, 3.8) is 0 Å². The number of hydrogen-bond donors (Lipinski definition) is 1. The van der Waals surface area contributed by atoms with E-state index in [4.69, 9.17) is 0 Å². The number of hydrogen-bond acceptors (Lipinski definition) is 1. The number of ketones is 1. The summed E-state index contributed by atoms with van der Waals surface area (Å²) in [6.45, 7) is 1.85. The zero-order valence-electron chi connectivity index (χ0n) is 10.7. The highest BCUT2D eigenvalue weighted by atomic mass is 79.9. The van der Waals surface area contributed by atoms with E-state index in [2.05, 4.69) is 20.9 Å². The maximum atomic E-state index is 13.5. The standard InChI is InChI=1S/C16H11BrFNO/c1-9-15(13-4-2-3-5-14(13)19-9)16(20)10-6-11(17)8-12(18)7-10/h2-8,19H,1H3. The summed E-state index contributed by atoms with van der Waals surface area (Å²) < 4.78 is 14.0. The highest BCUT2D eigenvalue weighted by Gasteiger charge is 2.18. The number of fused-ring (bicyclic) bond motifs is 1. The van der Waals surface area contributed by atoms with Crippen molar-refractivity contribution in [2.24, 2.45) is 0 Å². The van der Waals surface area contributed by atoms with E-state index in [0.29, 0.717) is 15.6 Å². The minimum Gasteiger partial charge on any atom is -0.358 e. The van der Waals surface area contributed by atoms with E-state index in [0.717, 1.165) is 16.6 Å². The van der Waals surface area contributed by atoms with Crippen LogP contribution in [0.15, 0.2) is 46.9 Å². The predicted molar refractivity (Wildman–Crippen MR) is 80.6 cm³/mol. The van der Waals surface area contributed by atoms with Gasteiger partial charge in [0.05, 0.1) is 5.56 Å². The molecule has 0 atom stereocenters. The molecule has 0 saturated heterocycles. The number of nitrogens with one attached hydrogen (secondary N) is 1. The second-order valence-electron chi connectivity index (χ2n) is 4.66. The van der Waals surface area contributed by atoms with Crippen molar-refractivity contribution in [3.8, 4) is 0 Å². The van der Waals surface area contributed by atoms with Crippen molar-refractivity contribution in [3.05, 3.63) is 69.6 Å². The van der Waals surface area contributed by atoms with Crippen molar-refractivity contribution in [1.82, 2.24) is 4.98 Å². The van der Waals surface area contributed by atoms with Crippen molar-refractivity contribution < 1.29 is 9.18 Å². The topological polar surface area (TPSA) is 32.9 Å². The molecule has 2 nitrogen and oxygen atoms in total. The first kappa shape index (κ1) is 13.1. The molecule has 0 spiro atoms. The third-order valence-corrected chi connectivity index (χ3v) is 3.70. The molecule has 0 amide bonds. The van der Waals surface area contributed by atoms with Gasteiger partial charge in [0, 0.05) is 26.6 Å². The minimum atomic E-state index is -0.430. The van der Waals surface area contributed by atoms with Crippen LogP contribution in [0.2, 0.25) is 0 Å². The summed E-state index contributed by atoms with van der Waals surface area (Å²) in [6, 6.07) is 11.8. The Kier molecular flexibility index (Phi) is 3.18. The molecule has 0 unspecified atom stereocenters. The molecule has 1 aromatic heterocycles. The van der Waals surface area contributed by atoms with Gasteiger partial charge in [-0.05, 0) is 31.2 Å². The third kappa shape index (κ3) is 2.16. The SMILES string of the molecule is Cc1[nH]c2ccccc2c1C(=O)c1cc(F)cc(Br)c1. The van der Waals surface area contributed by atoms with Gasteiger partial charge in [-0.1, -0.05) is 34.1 Å². The Hall–Kier alpha value is -1.94. The molecule has 0 saturated carbocycles. The first-order valence-electron chi connectivity index (χ1n) is 6.14. The van der Waals surface area contributed by atoms with Gasteiger partial charge < -0.3 is 4.98 Å². The average molecular weight is 332 g/mol. The lowest BCUT2D eigenvalue weighted by Gasteiger charge is -2.03. The van der Waals surface area contributed by atoms with E-state index in [1.54, 1.807) is 6.07 Å². The Labute approximate surface area is 123 Å². The number of aryl methyl sites for hydroxylation is 1. The Morgan fingerprint density at radius 2 is 1.95 bits per heavy atom. The molecule has 0 aliphatic heterocycles. The quantitative estimate of drug-likeness (QED) is 0.683. The van der Waals surface area contributed by atoms with E-state index in [-0.39, 0.29) is 5.78 Å². The van der Waals surface area contributed by atoms with Crippen LogP contribution in [-0.4, -0.2) is 10.8 Å². The fourth-order valence-corrected chi connectivity index (χ4v) is 2.86. The molecule has 2 aromatic carbocycles. The molecule has 0 aliphatic rings. The molecule has 1 N–H and O–H groups in total. The Morgan fingerprint density at radius 1 is 1.20 bits per heavy atom. The van der Waals surface area contributed by atoms with Gasteiger partial charge in [-0.2, -0.15) is 0 Å². The van der Waals surface area contributed by atoms with Crippen molar-refractivity contribution in [2.45, 2.75) is 6.92 Å². The summed E-state index contributed by atoms with van der Waals surface area (Å²) in [7, 11) is 0. The first-order valence-corrected chi connectivity index (χ1v) is 6.93. The van der Waals surface area contributed by atoms with Gasteiger partial charge in [0.2, 0.25) is 0 Å². The van der Waals surface area contributed by atoms with Gasteiger partial charge in [0.15, 0.2) is 5.78 Å². The first-order chi connectivity index (χ1) is 9.56. The molecule has 3 aromatic rings. The second-order valence-corrected chi connectivity index (χ2v) is 5.57. The molecular weight excluding hydrogens is 321 g/mol. The zero-order chi connectivity index (χ0) is 14.3. The molecule has 4 heteroatoms. The summed E-state index contributed by atoms with van der Waals surface area (Å²) in [4.78, 5) is 15.8. The average Bonchev–Trinajstić information content (AvgIpc) is 2.72. The minimum absolute atomic E-state index is 0.180. The van der Waals surface area contributed by atoms with Crippen LogP contribution < -0.4 is 0 Å². The number of halogens is 2. The molecular formula is C16H11BrFNO. The van der Waals surface area contributed by atoms with Crippen LogP contribution >= 0.6 is 15.9 Å². The molecule has 0 aliphatic carbocycles. The third-order valence-electron chi connectivity index (χ3n) is 3.25. The number of rotatable bonds is 2. The van der Waals surface area contributed by atoms with Crippen molar-refractivity contribution >= 4 is 32.6 Å². The van der Waals surface area contributed by atoms with Crippen LogP contribution in [0.4, 0.5) is 4.39 Å². The van der Waals surface area contributed by atoms with E-state index in [9.17, 15) is 9.18 Å². The Balaban J connectivity index is 2.20. The van der Waals surface area contributed by atoms with E-state index < -0.39 is 5.82 Å². The van der Waals surface area contributed by atoms with Crippen LogP contribution in [-0.2, 0) is 0 Å². The number of benzene rings is 2. The molecule has 3 rings (SSSR count). The fourth-order valence-electron chi connectivity index (χ4n) is 2.40. The van der Waals surface area contributed by atoms with E-state index >= 15 is 0 Å². The largest absolute Gasteiger partial charge is 0.358 e. The summed E-state index contributed by atoms with van der Waals surface area (Å²) in [5, 5.41) is 0.857. The lowest BCUT2D eigenvalue weighted by molar-refractivity contribution is 0.103. The maximum Gasteiger partial charge on any atom is 0.195 e. The zero-order valence-corrected chi connectivity index (χ0v) is 12.3. The van der Waals surface area contributed by atoms with Crippen molar-refractivity contribution in [2.75, 3.05) is 0 Å². The molecule has 0 fully saturated rings. The molecule has 100 valence electrons. The highest BCUT2D eigenvalue weighted by molar-refractivity contribution is 9.10. The highest BCUT2D eigenvalue weighted by Crippen LogP contribution is 2.26. The number of carbonyl (C=O) groups excluding carboxylic acids is 1. The van der Waals surface area contributed by atoms with Gasteiger partial charge in [-0.15, -0.1) is 0 Å². The number of para-hydroxylation sites is 1. The predicted octanol–water partition coefficient (Wildman–Crippen LogP) is 4.61. The second kappa shape index (κ2) is 4.87. The van der Waals surface area contributed by atoms with Gasteiger partial charge >= 0.3 is 0 Å². The summed E-state index contributed by atoms with van der Waals surface area (Å²) in [5.41, 5.74) is 2.63. The number of aromatic amines is 1. The Morgan fingerprint density at radius 3 is 2.70 bits per heavy atom. The van der Waals surface area contributed by atoms with Crippen molar-refractivity contribution in [1.29, 1.82) is 0 Å². The summed E-state index contributed by atoms with van der Waals surface area (Å²) >= 11 is 3.21. The van der Waals surface area contributed by atoms with E-state index in [1.807, 2.05) is 31.2 Å². The Bertz CT molecular complexity index is 802. The van der Waals surface area contributed by atoms with Gasteiger partial charge in [-0.3, -0.25) is 4.79 Å². The number of aromatic nitrogens is 1. The fraction of sp³-hybridized carbons (Fsp3) is 0.0625. The monoisotopic (exact) mass is 331 g/mol. The maximum absolute atomic E-state index is 13.5. The molecule has 0 bridgehead atoms. The van der Waals surface area contributed by atoms with Gasteiger partial charge in [-0.25, -0.2) is 4.39 Å². The molecule has 20 heavy (non-hydrogen) atoms. The lowest BCUT2D eigenvalue weighted by Crippen LogP contribution is -2.03. The van der Waals surface area contributed by atoms with Crippen LogP contribution in [0.25, 0.3) is 10.9 Å². The number of carbonyl (C=O) groups is 1. The van der Waals surface area contributed by atoms with Gasteiger partial charge in [0.25, 0.3) is 0 Å². The van der Waals surface area contributed by atoms with Crippen LogP contribution in [0.1, 0.15) is 21.6 Å². The molecule has 1 heterocycles.